The molecule has 172 valence electrons. The summed E-state index contributed by atoms with van der Waals surface area (Å²) in [5.74, 6) is -0.550. The summed E-state index contributed by atoms with van der Waals surface area (Å²) in [6.07, 6.45) is 6.65. The maximum atomic E-state index is 16.0. The number of benzene rings is 1. The molecule has 0 bridgehead atoms. The molecule has 1 N–H and O–H groups in total. The summed E-state index contributed by atoms with van der Waals surface area (Å²) in [5, 5.41) is 4.46. The van der Waals surface area contributed by atoms with Crippen LogP contribution in [0.15, 0.2) is 70.8 Å². The lowest BCUT2D eigenvalue weighted by Gasteiger charge is -2.14. The second-order valence-electron chi connectivity index (χ2n) is 8.74. The van der Waals surface area contributed by atoms with Gasteiger partial charge in [-0.1, -0.05) is 30.3 Å². The van der Waals surface area contributed by atoms with Crippen LogP contribution in [0.2, 0.25) is 0 Å². The second kappa shape index (κ2) is 7.98. The first-order valence-corrected chi connectivity index (χ1v) is 11.0. The van der Waals surface area contributed by atoms with Gasteiger partial charge in [-0.15, -0.1) is 0 Å². The quantitative estimate of drug-likeness (QED) is 0.432. The summed E-state index contributed by atoms with van der Waals surface area (Å²) in [6, 6.07) is 11.2. The average molecular weight is 458 g/mol. The van der Waals surface area contributed by atoms with Crippen molar-refractivity contribution in [3.63, 3.8) is 0 Å². The third-order valence-corrected chi connectivity index (χ3v) is 6.09. The number of aryl methyl sites for hydroxylation is 2. The SMILES string of the molecule is CC(C)n1cc(-c2[nH]c3c(=O)n(C)cc(-c4cc(=O)n(C)cc4-c4ccccc4)c3c2F)cn1. The lowest BCUT2D eigenvalue weighted by molar-refractivity contribution is 0.532. The smallest absolute Gasteiger partial charge is 0.274 e. The van der Waals surface area contributed by atoms with Crippen LogP contribution in [0.25, 0.3) is 44.4 Å². The number of rotatable bonds is 4. The first kappa shape index (κ1) is 21.6. The molecule has 5 aromatic rings. The molecular weight excluding hydrogens is 433 g/mol. The molecule has 0 aliphatic heterocycles. The summed E-state index contributed by atoms with van der Waals surface area (Å²) in [4.78, 5) is 28.6. The topological polar surface area (TPSA) is 77.6 Å². The van der Waals surface area contributed by atoms with Crippen molar-refractivity contribution in [1.29, 1.82) is 0 Å². The molecular formula is C26H24FN5O2. The molecule has 1 aromatic carbocycles. The molecule has 0 saturated heterocycles. The number of pyridine rings is 2. The van der Waals surface area contributed by atoms with Crippen LogP contribution >= 0.6 is 0 Å². The average Bonchev–Trinajstić information content (AvgIpc) is 3.44. The molecule has 0 radical (unpaired) electrons. The van der Waals surface area contributed by atoms with Gasteiger partial charge in [-0.3, -0.25) is 14.3 Å². The Balaban J connectivity index is 1.85. The number of aromatic amines is 1. The third kappa shape index (κ3) is 3.39. The molecule has 0 unspecified atom stereocenters. The van der Waals surface area contributed by atoms with E-state index >= 15 is 4.39 Å². The zero-order valence-corrected chi connectivity index (χ0v) is 19.3. The Bertz CT molecular complexity index is 1650. The number of hydrogen-bond donors (Lipinski definition) is 1. The van der Waals surface area contributed by atoms with E-state index in [0.717, 1.165) is 11.1 Å². The van der Waals surface area contributed by atoms with Gasteiger partial charge >= 0.3 is 0 Å². The first-order valence-electron chi connectivity index (χ1n) is 11.0. The molecule has 8 heteroatoms. The van der Waals surface area contributed by atoms with Crippen molar-refractivity contribution in [2.24, 2.45) is 14.1 Å². The van der Waals surface area contributed by atoms with Crippen molar-refractivity contribution in [1.82, 2.24) is 23.9 Å². The monoisotopic (exact) mass is 457 g/mol. The largest absolute Gasteiger partial charge is 0.347 e. The number of nitrogens with one attached hydrogen (secondary N) is 1. The fourth-order valence-corrected chi connectivity index (χ4v) is 4.24. The standard InChI is InChI=1S/C26H24FN5O2/c1-15(2)32-12-17(11-28-32)24-23(27)22-20(14-31(4)26(34)25(22)29-24)18-10-21(33)30(3)13-19(18)16-8-6-5-7-9-16/h5-15,29H,1-4H3. The van der Waals surface area contributed by atoms with E-state index in [0.29, 0.717) is 16.7 Å². The van der Waals surface area contributed by atoms with Crippen molar-refractivity contribution in [3.05, 3.63) is 87.7 Å². The van der Waals surface area contributed by atoms with Gasteiger partial charge in [0.25, 0.3) is 11.1 Å². The molecule has 34 heavy (non-hydrogen) atoms. The maximum absolute atomic E-state index is 16.0. The summed E-state index contributed by atoms with van der Waals surface area (Å²) >= 11 is 0. The molecule has 0 saturated carbocycles. The highest BCUT2D eigenvalue weighted by atomic mass is 19.1. The number of aromatic nitrogens is 5. The van der Waals surface area contributed by atoms with Crippen molar-refractivity contribution in [3.8, 4) is 33.5 Å². The van der Waals surface area contributed by atoms with Crippen LogP contribution in [-0.2, 0) is 14.1 Å². The van der Waals surface area contributed by atoms with Gasteiger partial charge in [-0.05, 0) is 25.0 Å². The van der Waals surface area contributed by atoms with Crippen molar-refractivity contribution in [2.45, 2.75) is 19.9 Å². The Morgan fingerprint density at radius 1 is 0.912 bits per heavy atom. The van der Waals surface area contributed by atoms with Crippen LogP contribution in [0.1, 0.15) is 19.9 Å². The molecule has 0 amide bonds. The van der Waals surface area contributed by atoms with Crippen LogP contribution in [0.3, 0.4) is 0 Å². The lowest BCUT2D eigenvalue weighted by Crippen LogP contribution is -2.18. The van der Waals surface area contributed by atoms with Crippen LogP contribution in [0, 0.1) is 5.82 Å². The predicted molar refractivity (Wildman–Crippen MR) is 131 cm³/mol. The molecule has 0 aliphatic rings. The van der Waals surface area contributed by atoms with Gasteiger partial charge in [0.1, 0.15) is 5.52 Å². The van der Waals surface area contributed by atoms with Gasteiger partial charge < -0.3 is 14.1 Å². The van der Waals surface area contributed by atoms with Gasteiger partial charge in [0.2, 0.25) is 0 Å². The van der Waals surface area contributed by atoms with E-state index in [1.54, 1.807) is 43.6 Å². The maximum Gasteiger partial charge on any atom is 0.274 e. The molecule has 0 aliphatic carbocycles. The Morgan fingerprint density at radius 3 is 2.29 bits per heavy atom. The predicted octanol–water partition coefficient (Wildman–Crippen LogP) is 4.48. The lowest BCUT2D eigenvalue weighted by atomic mass is 9.95. The minimum absolute atomic E-state index is 0.110. The van der Waals surface area contributed by atoms with Gasteiger partial charge in [-0.25, -0.2) is 4.39 Å². The molecule has 0 spiro atoms. The summed E-state index contributed by atoms with van der Waals surface area (Å²) in [7, 11) is 3.29. The zero-order valence-electron chi connectivity index (χ0n) is 19.3. The summed E-state index contributed by atoms with van der Waals surface area (Å²) in [6.45, 7) is 3.96. The highest BCUT2D eigenvalue weighted by Crippen LogP contribution is 2.38. The molecule has 0 atom stereocenters. The molecule has 7 nitrogen and oxygen atoms in total. The zero-order chi connectivity index (χ0) is 24.1. The Kier molecular flexibility index (Phi) is 5.08. The summed E-state index contributed by atoms with van der Waals surface area (Å²) in [5.41, 5.74) is 2.95. The molecule has 0 fully saturated rings. The fourth-order valence-electron chi connectivity index (χ4n) is 4.24. The molecule has 5 rings (SSSR count). The Morgan fingerprint density at radius 2 is 1.62 bits per heavy atom. The Labute approximate surface area is 194 Å². The molecule has 4 heterocycles. The first-order chi connectivity index (χ1) is 16.3. The van der Waals surface area contributed by atoms with Crippen LogP contribution in [0.5, 0.6) is 0 Å². The van der Waals surface area contributed by atoms with Gasteiger partial charge in [0.15, 0.2) is 5.82 Å². The van der Waals surface area contributed by atoms with Crippen LogP contribution in [0.4, 0.5) is 4.39 Å². The van der Waals surface area contributed by atoms with Crippen LogP contribution in [-0.4, -0.2) is 23.9 Å². The van der Waals surface area contributed by atoms with Gasteiger partial charge in [-0.2, -0.15) is 5.10 Å². The highest BCUT2D eigenvalue weighted by molar-refractivity contribution is 6.01. The molecule has 4 aromatic heterocycles. The highest BCUT2D eigenvalue weighted by Gasteiger charge is 2.23. The summed E-state index contributed by atoms with van der Waals surface area (Å²) < 4.78 is 20.6. The number of halogens is 1. The van der Waals surface area contributed by atoms with Crippen molar-refractivity contribution in [2.75, 3.05) is 0 Å². The number of fused-ring (bicyclic) bond motifs is 1. The van der Waals surface area contributed by atoms with E-state index in [1.807, 2.05) is 44.2 Å². The second-order valence-corrected chi connectivity index (χ2v) is 8.74. The minimum Gasteiger partial charge on any atom is -0.347 e. The van der Waals surface area contributed by atoms with E-state index in [9.17, 15) is 9.59 Å². The number of nitrogens with zero attached hydrogens (tertiary/aromatic N) is 4. The van der Waals surface area contributed by atoms with Crippen LogP contribution < -0.4 is 11.1 Å². The van der Waals surface area contributed by atoms with E-state index in [4.69, 9.17) is 0 Å². The van der Waals surface area contributed by atoms with E-state index in [-0.39, 0.29) is 33.8 Å². The fraction of sp³-hybridized carbons (Fsp3) is 0.192. The van der Waals surface area contributed by atoms with Gasteiger partial charge in [0, 0.05) is 61.5 Å². The number of hydrogen-bond acceptors (Lipinski definition) is 3. The van der Waals surface area contributed by atoms with E-state index in [1.165, 1.54) is 15.2 Å². The van der Waals surface area contributed by atoms with Crippen molar-refractivity contribution < 1.29 is 4.39 Å². The Hall–Kier alpha value is -4.20. The third-order valence-electron chi connectivity index (χ3n) is 6.09. The minimum atomic E-state index is -0.550. The van der Waals surface area contributed by atoms with E-state index < -0.39 is 5.82 Å². The normalized spacial score (nSPS) is 11.6. The van der Waals surface area contributed by atoms with E-state index in [2.05, 4.69) is 10.1 Å². The van der Waals surface area contributed by atoms with Gasteiger partial charge in [0.05, 0.1) is 17.3 Å². The van der Waals surface area contributed by atoms with Crippen molar-refractivity contribution >= 4 is 10.9 Å². The number of H-pyrrole nitrogens is 1.